The van der Waals surface area contributed by atoms with E-state index in [0.29, 0.717) is 0 Å². The molecule has 0 aliphatic heterocycles. The molecule has 0 rings (SSSR count). The summed E-state index contributed by atoms with van der Waals surface area (Å²) in [6.07, 6.45) is -3.25. The molecule has 0 aliphatic carbocycles. The van der Waals surface area contributed by atoms with E-state index < -0.39 is 13.5 Å². The van der Waals surface area contributed by atoms with Crippen molar-refractivity contribution in [3.05, 3.63) is 0 Å². The van der Waals surface area contributed by atoms with E-state index in [0.717, 1.165) is 0 Å². The fraction of sp³-hybridized carbons (Fsp3) is 1.00. The molecule has 0 radical (unpaired) electrons. The Morgan fingerprint density at radius 2 is 1.29 bits per heavy atom. The molecule has 86 valence electrons. The minimum Gasteiger partial charge on any atom is -0.279 e. The van der Waals surface area contributed by atoms with Crippen molar-refractivity contribution in [2.45, 2.75) is 7.07 Å². The van der Waals surface area contributed by atoms with Gasteiger partial charge >= 0.3 is 0 Å². The monoisotopic (exact) mass is 377 g/mol. The van der Waals surface area contributed by atoms with Crippen LogP contribution in [-0.2, 0) is 0 Å². The number of halogens is 8. The number of hydrogen-bond donors (Lipinski definition) is 0. The summed E-state index contributed by atoms with van der Waals surface area (Å²) in [6.45, 7) is 0.153. The quantitative estimate of drug-likeness (QED) is 0.397. The summed E-state index contributed by atoms with van der Waals surface area (Å²) in [7, 11) is 0. The summed E-state index contributed by atoms with van der Waals surface area (Å²) in [5.41, 5.74) is 0. The molecular formula is C4H4Cl8NP. The van der Waals surface area contributed by atoms with Crippen LogP contribution in [0.2, 0.25) is 0 Å². The molecule has 0 bridgehead atoms. The first-order chi connectivity index (χ1) is 6.06. The largest absolute Gasteiger partial charge is 0.279 e. The van der Waals surface area contributed by atoms with Crippen molar-refractivity contribution in [1.82, 2.24) is 0 Å². The molecule has 0 aromatic carbocycles. The molecule has 0 aromatic rings. The van der Waals surface area contributed by atoms with Crippen LogP contribution in [-0.4, -0.2) is 19.5 Å². The molecule has 14 heavy (non-hydrogen) atoms. The van der Waals surface area contributed by atoms with Gasteiger partial charge in [0.05, 0.1) is 6.54 Å². The smallest absolute Gasteiger partial charge is 0.240 e. The fourth-order valence-corrected chi connectivity index (χ4v) is 6.30. The standard InChI is InChI=1S/C4H4Cl8NP/c5-1-2-13-14(12,3(6,7)8)4(9,10)11/h1-2H2. The molecule has 0 fully saturated rings. The van der Waals surface area contributed by atoms with Gasteiger partial charge in [0.25, 0.3) is 0 Å². The molecule has 1 nitrogen and oxygen atoms in total. The van der Waals surface area contributed by atoms with Crippen LogP contribution in [0.25, 0.3) is 0 Å². The first-order valence-electron chi connectivity index (χ1n) is 3.03. The van der Waals surface area contributed by atoms with Gasteiger partial charge < -0.3 is 0 Å². The molecule has 0 saturated heterocycles. The molecule has 0 heterocycles. The zero-order valence-corrected chi connectivity index (χ0v) is 13.3. The highest BCUT2D eigenvalue weighted by atomic mass is 35.7. The summed E-state index contributed by atoms with van der Waals surface area (Å²) < 4.78 is -0.00765. The third-order valence-corrected chi connectivity index (χ3v) is 11.0. The van der Waals surface area contributed by atoms with Gasteiger partial charge in [-0.3, -0.25) is 4.74 Å². The van der Waals surface area contributed by atoms with Gasteiger partial charge in [-0.15, -0.1) is 11.6 Å². The predicted molar refractivity (Wildman–Crippen MR) is 71.4 cm³/mol. The average molecular weight is 381 g/mol. The van der Waals surface area contributed by atoms with E-state index in [9.17, 15) is 0 Å². The molecule has 0 spiro atoms. The van der Waals surface area contributed by atoms with Gasteiger partial charge in [-0.1, -0.05) is 80.8 Å². The van der Waals surface area contributed by atoms with E-state index in [1.807, 2.05) is 0 Å². The minimum atomic E-state index is -3.25. The van der Waals surface area contributed by atoms with Crippen LogP contribution in [0.1, 0.15) is 0 Å². The normalized spacial score (nSPS) is 14.3. The van der Waals surface area contributed by atoms with Gasteiger partial charge in [-0.2, -0.15) is 0 Å². The van der Waals surface area contributed by atoms with Crippen LogP contribution < -0.4 is 0 Å². The summed E-state index contributed by atoms with van der Waals surface area (Å²) in [6, 6.07) is 0. The van der Waals surface area contributed by atoms with Crippen molar-refractivity contribution < 1.29 is 0 Å². The zero-order valence-electron chi connectivity index (χ0n) is 6.33. The van der Waals surface area contributed by atoms with Crippen LogP contribution in [0.3, 0.4) is 0 Å². The highest BCUT2D eigenvalue weighted by molar-refractivity contribution is 8.00. The van der Waals surface area contributed by atoms with Crippen molar-refractivity contribution in [3.8, 4) is 0 Å². The van der Waals surface area contributed by atoms with Crippen molar-refractivity contribution in [3.63, 3.8) is 0 Å². The number of hydrogen-bond acceptors (Lipinski definition) is 1. The molecule has 0 unspecified atom stereocenters. The van der Waals surface area contributed by atoms with Gasteiger partial charge in [0.1, 0.15) is 0 Å². The fourth-order valence-electron chi connectivity index (χ4n) is 0.480. The summed E-state index contributed by atoms with van der Waals surface area (Å²) >= 11 is 45.1. The summed E-state index contributed by atoms with van der Waals surface area (Å²) in [4.78, 5) is 0. The van der Waals surface area contributed by atoms with Crippen LogP contribution in [0.4, 0.5) is 0 Å². The van der Waals surface area contributed by atoms with E-state index in [-0.39, 0.29) is 12.4 Å². The average Bonchev–Trinajstić information content (AvgIpc) is 1.95. The Labute approximate surface area is 122 Å². The Bertz CT molecular complexity index is 221. The summed E-state index contributed by atoms with van der Waals surface area (Å²) in [5.74, 6) is 0.204. The van der Waals surface area contributed by atoms with E-state index in [1.54, 1.807) is 0 Å². The second-order valence-corrected chi connectivity index (χ2v) is 12.8. The third-order valence-electron chi connectivity index (χ3n) is 1.05. The lowest BCUT2D eigenvalue weighted by atomic mass is 10.8. The van der Waals surface area contributed by atoms with Crippen molar-refractivity contribution in [2.75, 3.05) is 12.4 Å². The van der Waals surface area contributed by atoms with Gasteiger partial charge in [-0.25, -0.2) is 0 Å². The van der Waals surface area contributed by atoms with Gasteiger partial charge in [0.15, 0.2) is 6.41 Å². The molecule has 0 atom stereocenters. The molecule has 0 amide bonds. The molecule has 0 aliphatic rings. The maximum Gasteiger partial charge on any atom is 0.240 e. The Kier molecular flexibility index (Phi) is 7.02. The molecule has 0 N–H and O–H groups in total. The number of rotatable bonds is 2. The van der Waals surface area contributed by atoms with E-state index in [2.05, 4.69) is 4.74 Å². The first-order valence-corrected chi connectivity index (χ1v) is 8.48. The van der Waals surface area contributed by atoms with E-state index in [4.69, 9.17) is 92.4 Å². The van der Waals surface area contributed by atoms with Crippen molar-refractivity contribution in [1.29, 1.82) is 0 Å². The Morgan fingerprint density at radius 1 is 0.929 bits per heavy atom. The maximum absolute atomic E-state index is 5.96. The second kappa shape index (κ2) is 5.94. The molecule has 10 heteroatoms. The number of nitrogens with zero attached hydrogens (tertiary/aromatic N) is 1. The highest BCUT2D eigenvalue weighted by Crippen LogP contribution is 2.81. The topological polar surface area (TPSA) is 12.4 Å². The Hall–Kier alpha value is 2.55. The lowest BCUT2D eigenvalue weighted by Crippen LogP contribution is -2.13. The second-order valence-electron chi connectivity index (χ2n) is 2.05. The minimum absolute atomic E-state index is 0.153. The van der Waals surface area contributed by atoms with Crippen LogP contribution in [0, 0.1) is 0 Å². The molecular weight excluding hydrogens is 377 g/mol. The van der Waals surface area contributed by atoms with Gasteiger partial charge in [0.2, 0.25) is 7.07 Å². The van der Waals surface area contributed by atoms with E-state index >= 15 is 0 Å². The Balaban J connectivity index is 5.29. The lowest BCUT2D eigenvalue weighted by molar-refractivity contribution is 1.15. The van der Waals surface area contributed by atoms with E-state index in [1.165, 1.54) is 0 Å². The third kappa shape index (κ3) is 4.09. The molecule has 0 saturated carbocycles. The first kappa shape index (κ1) is 16.6. The van der Waals surface area contributed by atoms with Crippen LogP contribution in [0.5, 0.6) is 0 Å². The van der Waals surface area contributed by atoms with Crippen molar-refractivity contribution >= 4 is 98.9 Å². The SMILES string of the molecule is ClCCN=P(Cl)(C(Cl)(Cl)Cl)C(Cl)(Cl)Cl. The maximum atomic E-state index is 5.96. The lowest BCUT2D eigenvalue weighted by Gasteiger charge is -2.30. The predicted octanol–water partition coefficient (Wildman–Crippen LogP) is 6.24. The van der Waals surface area contributed by atoms with Crippen LogP contribution >= 0.6 is 98.9 Å². The van der Waals surface area contributed by atoms with Gasteiger partial charge in [-0.05, 0) is 0 Å². The van der Waals surface area contributed by atoms with Gasteiger partial charge in [0, 0.05) is 5.88 Å². The summed E-state index contributed by atoms with van der Waals surface area (Å²) in [5, 5.41) is 0. The van der Waals surface area contributed by atoms with Crippen molar-refractivity contribution in [2.24, 2.45) is 4.74 Å². The molecule has 0 aromatic heterocycles. The zero-order chi connectivity index (χ0) is 11.6. The highest BCUT2D eigenvalue weighted by Gasteiger charge is 2.53. The number of alkyl halides is 7. The van der Waals surface area contributed by atoms with Crippen LogP contribution in [0.15, 0.2) is 4.74 Å². The Morgan fingerprint density at radius 3 is 1.50 bits per heavy atom.